The Morgan fingerprint density at radius 2 is 2.06 bits per heavy atom. The number of amides is 1. The van der Waals surface area contributed by atoms with E-state index in [0.29, 0.717) is 23.2 Å². The van der Waals surface area contributed by atoms with Gasteiger partial charge in [-0.25, -0.2) is 4.98 Å². The highest BCUT2D eigenvalue weighted by Gasteiger charge is 2.18. The third-order valence-electron chi connectivity index (χ3n) is 5.85. The van der Waals surface area contributed by atoms with Crippen LogP contribution < -0.4 is 16.4 Å². The van der Waals surface area contributed by atoms with Gasteiger partial charge in [0.25, 0.3) is 11.5 Å². The molecule has 8 nitrogen and oxygen atoms in total. The van der Waals surface area contributed by atoms with Gasteiger partial charge >= 0.3 is 0 Å². The van der Waals surface area contributed by atoms with Gasteiger partial charge in [0.2, 0.25) is 0 Å². The molecule has 0 atom stereocenters. The molecule has 2 N–H and O–H groups in total. The molecule has 0 aliphatic carbocycles. The molecule has 8 heteroatoms. The van der Waals surface area contributed by atoms with Crippen molar-refractivity contribution in [2.75, 3.05) is 26.2 Å². The number of aryl methyl sites for hydroxylation is 1. The van der Waals surface area contributed by atoms with Crippen molar-refractivity contribution in [1.82, 2.24) is 24.2 Å². The first-order chi connectivity index (χ1) is 15.0. The maximum absolute atomic E-state index is 13.2. The minimum atomic E-state index is -0.351. The molecule has 0 spiro atoms. The number of aromatic nitrogens is 3. The molecule has 0 bridgehead atoms. The summed E-state index contributed by atoms with van der Waals surface area (Å²) in [7, 11) is 0. The second-order valence-electron chi connectivity index (χ2n) is 8.00. The maximum atomic E-state index is 13.2. The van der Waals surface area contributed by atoms with Crippen LogP contribution in [0.4, 0.5) is 0 Å². The first kappa shape index (κ1) is 21.0. The summed E-state index contributed by atoms with van der Waals surface area (Å²) in [5.74, 6) is -0.351. The van der Waals surface area contributed by atoms with Crippen molar-refractivity contribution < 1.29 is 4.79 Å². The Bertz CT molecular complexity index is 1270. The number of piperidine rings is 1. The number of carbonyl (C=O) groups excluding carboxylic acids is 1. The normalized spacial score (nSPS) is 14.7. The van der Waals surface area contributed by atoms with Gasteiger partial charge in [0, 0.05) is 25.8 Å². The number of likely N-dealkylation sites (tertiary alicyclic amines) is 1. The van der Waals surface area contributed by atoms with Gasteiger partial charge in [0.05, 0.1) is 10.9 Å². The van der Waals surface area contributed by atoms with Gasteiger partial charge in [-0.3, -0.25) is 19.4 Å². The molecule has 1 fully saturated rings. The van der Waals surface area contributed by atoms with E-state index >= 15 is 0 Å². The predicted molar refractivity (Wildman–Crippen MR) is 120 cm³/mol. The van der Waals surface area contributed by atoms with Crippen molar-refractivity contribution >= 4 is 22.6 Å². The number of fused-ring (bicyclic) bond motifs is 2. The van der Waals surface area contributed by atoms with E-state index in [-0.39, 0.29) is 29.1 Å². The molecule has 1 saturated heterocycles. The summed E-state index contributed by atoms with van der Waals surface area (Å²) in [6.07, 6.45) is 6.96. The molecule has 0 saturated carbocycles. The highest BCUT2D eigenvalue weighted by molar-refractivity contribution is 5.96. The highest BCUT2D eigenvalue weighted by Crippen LogP contribution is 2.13. The van der Waals surface area contributed by atoms with Crippen molar-refractivity contribution in [3.8, 4) is 0 Å². The molecule has 1 amide bonds. The standard InChI is InChI=1S/C23H28N6O2/c1-3-10-28-19(24)17(22(30)25-9-14-27-11-5-4-6-12-27)15-18-21(28)26-20-16(2)8-7-13-29(20)23(18)31/h3,7-8,13,15,24H,1,4-6,9-12,14H2,2H3,(H,25,30). The van der Waals surface area contributed by atoms with E-state index in [1.165, 1.54) is 29.7 Å². The molecule has 0 unspecified atom stereocenters. The summed E-state index contributed by atoms with van der Waals surface area (Å²) in [6.45, 7) is 9.33. The maximum Gasteiger partial charge on any atom is 0.267 e. The van der Waals surface area contributed by atoms with Gasteiger partial charge in [0.1, 0.15) is 16.8 Å². The van der Waals surface area contributed by atoms with Gasteiger partial charge in [-0.1, -0.05) is 18.6 Å². The molecule has 162 valence electrons. The molecule has 0 aromatic carbocycles. The summed E-state index contributed by atoms with van der Waals surface area (Å²) < 4.78 is 3.05. The Kier molecular flexibility index (Phi) is 5.99. The molecule has 1 aliphatic heterocycles. The summed E-state index contributed by atoms with van der Waals surface area (Å²) in [4.78, 5) is 33.1. The van der Waals surface area contributed by atoms with E-state index in [2.05, 4.69) is 21.8 Å². The van der Waals surface area contributed by atoms with Crippen LogP contribution in [-0.2, 0) is 6.54 Å². The Balaban J connectivity index is 1.74. The number of hydrogen-bond acceptors (Lipinski definition) is 5. The second kappa shape index (κ2) is 8.85. The minimum Gasteiger partial charge on any atom is -0.351 e. The third-order valence-corrected chi connectivity index (χ3v) is 5.85. The van der Waals surface area contributed by atoms with E-state index in [1.807, 2.05) is 13.0 Å². The van der Waals surface area contributed by atoms with Crippen LogP contribution in [0.15, 0.2) is 41.8 Å². The topological polar surface area (TPSA) is 95.5 Å². The van der Waals surface area contributed by atoms with Crippen molar-refractivity contribution in [3.05, 3.63) is 64.0 Å². The highest BCUT2D eigenvalue weighted by atomic mass is 16.1. The molecule has 4 heterocycles. The van der Waals surface area contributed by atoms with E-state index in [1.54, 1.807) is 22.9 Å². The van der Waals surface area contributed by atoms with Gasteiger partial charge in [-0.15, -0.1) is 6.58 Å². The van der Waals surface area contributed by atoms with Crippen molar-refractivity contribution in [1.29, 1.82) is 5.41 Å². The van der Waals surface area contributed by atoms with Gasteiger partial charge < -0.3 is 14.8 Å². The van der Waals surface area contributed by atoms with Gasteiger partial charge in [0.15, 0.2) is 0 Å². The number of allylic oxidation sites excluding steroid dienone is 1. The summed E-state index contributed by atoms with van der Waals surface area (Å²) in [5, 5.41) is 11.8. The summed E-state index contributed by atoms with van der Waals surface area (Å²) in [5.41, 5.74) is 1.71. The largest absolute Gasteiger partial charge is 0.351 e. The predicted octanol–water partition coefficient (Wildman–Crippen LogP) is 1.84. The lowest BCUT2D eigenvalue weighted by Crippen LogP contribution is -2.40. The van der Waals surface area contributed by atoms with Crippen LogP contribution in [0.25, 0.3) is 16.7 Å². The fourth-order valence-corrected chi connectivity index (χ4v) is 4.18. The fourth-order valence-electron chi connectivity index (χ4n) is 4.18. The molecule has 3 aromatic heterocycles. The number of rotatable bonds is 6. The van der Waals surface area contributed by atoms with Gasteiger partial charge in [-0.05, 0) is 50.6 Å². The SMILES string of the molecule is C=CCn1c(=N)c(C(=O)NCCN2CCCCC2)cc2c(=O)n3cccc(C)c3nc21. The minimum absolute atomic E-state index is 0.0210. The number of nitrogens with zero attached hydrogens (tertiary/aromatic N) is 4. The zero-order valence-electron chi connectivity index (χ0n) is 17.9. The number of carbonyl (C=O) groups is 1. The Morgan fingerprint density at radius 1 is 1.29 bits per heavy atom. The molecule has 4 rings (SSSR count). The van der Waals surface area contributed by atoms with Crippen LogP contribution in [0, 0.1) is 12.3 Å². The van der Waals surface area contributed by atoms with Crippen LogP contribution in [0.5, 0.6) is 0 Å². The van der Waals surface area contributed by atoms with E-state index < -0.39 is 0 Å². The zero-order valence-corrected chi connectivity index (χ0v) is 17.9. The van der Waals surface area contributed by atoms with Crippen LogP contribution in [0.2, 0.25) is 0 Å². The lowest BCUT2D eigenvalue weighted by Gasteiger charge is -2.26. The van der Waals surface area contributed by atoms with Crippen molar-refractivity contribution in [2.24, 2.45) is 0 Å². The van der Waals surface area contributed by atoms with Gasteiger partial charge in [-0.2, -0.15) is 0 Å². The van der Waals surface area contributed by atoms with Crippen molar-refractivity contribution in [3.63, 3.8) is 0 Å². The second-order valence-corrected chi connectivity index (χ2v) is 8.00. The monoisotopic (exact) mass is 420 g/mol. The number of pyridine rings is 2. The molecular weight excluding hydrogens is 392 g/mol. The first-order valence-corrected chi connectivity index (χ1v) is 10.7. The van der Waals surface area contributed by atoms with Crippen LogP contribution in [-0.4, -0.2) is 50.9 Å². The quantitative estimate of drug-likeness (QED) is 0.470. The fraction of sp³-hybridized carbons (Fsp3) is 0.391. The Labute approximate surface area is 180 Å². The average Bonchev–Trinajstić information content (AvgIpc) is 2.77. The van der Waals surface area contributed by atoms with Crippen LogP contribution in [0.1, 0.15) is 35.2 Å². The molecule has 31 heavy (non-hydrogen) atoms. The third kappa shape index (κ3) is 4.03. The van der Waals surface area contributed by atoms with Crippen LogP contribution >= 0.6 is 0 Å². The Morgan fingerprint density at radius 3 is 2.81 bits per heavy atom. The molecular formula is C23H28N6O2. The average molecular weight is 421 g/mol. The summed E-state index contributed by atoms with van der Waals surface area (Å²) in [6, 6.07) is 5.18. The van der Waals surface area contributed by atoms with E-state index in [0.717, 1.165) is 25.2 Å². The molecule has 0 radical (unpaired) electrons. The van der Waals surface area contributed by atoms with E-state index in [4.69, 9.17) is 5.41 Å². The zero-order chi connectivity index (χ0) is 22.0. The van der Waals surface area contributed by atoms with Crippen molar-refractivity contribution in [2.45, 2.75) is 32.7 Å². The summed E-state index contributed by atoms with van der Waals surface area (Å²) >= 11 is 0. The van der Waals surface area contributed by atoms with Crippen LogP contribution in [0.3, 0.4) is 0 Å². The molecule has 1 aliphatic rings. The lowest BCUT2D eigenvalue weighted by atomic mass is 10.1. The Hall–Kier alpha value is -3.26. The smallest absolute Gasteiger partial charge is 0.267 e. The molecule has 3 aromatic rings. The lowest BCUT2D eigenvalue weighted by molar-refractivity contribution is 0.0944. The number of hydrogen-bond donors (Lipinski definition) is 2. The first-order valence-electron chi connectivity index (χ1n) is 10.7. The number of nitrogens with one attached hydrogen (secondary N) is 2. The van der Waals surface area contributed by atoms with E-state index in [9.17, 15) is 9.59 Å².